The van der Waals surface area contributed by atoms with Crippen molar-refractivity contribution in [1.82, 2.24) is 14.9 Å². The molecule has 1 fully saturated rings. The molecule has 0 saturated carbocycles. The third-order valence-corrected chi connectivity index (χ3v) is 5.48. The number of carbonyl (C=O) groups excluding carboxylic acids is 1. The highest BCUT2D eigenvalue weighted by molar-refractivity contribution is 5.89. The number of hydrogen-bond donors (Lipinski definition) is 4. The number of benzene rings is 2. The van der Waals surface area contributed by atoms with Gasteiger partial charge in [-0.3, -0.25) is 14.3 Å². The number of rotatable bonds is 7. The number of urea groups is 1. The van der Waals surface area contributed by atoms with Crippen LogP contribution in [0.4, 0.5) is 10.5 Å². The van der Waals surface area contributed by atoms with Gasteiger partial charge in [-0.25, -0.2) is 9.59 Å². The summed E-state index contributed by atoms with van der Waals surface area (Å²) in [4.78, 5) is 38.1. The molecule has 0 bridgehead atoms. The molecule has 3 atom stereocenters. The van der Waals surface area contributed by atoms with Crippen molar-refractivity contribution in [2.24, 2.45) is 0 Å². The number of aliphatic hydroxyl groups excluding tert-OH is 1. The zero-order valence-electron chi connectivity index (χ0n) is 18.6. The zero-order valence-corrected chi connectivity index (χ0v) is 18.6. The minimum Gasteiger partial charge on any atom is -0.489 e. The lowest BCUT2D eigenvalue weighted by Crippen LogP contribution is -2.39. The van der Waals surface area contributed by atoms with E-state index in [1.807, 2.05) is 30.3 Å². The molecule has 0 spiro atoms. The van der Waals surface area contributed by atoms with Gasteiger partial charge in [0.2, 0.25) is 0 Å². The normalized spacial score (nSPS) is 19.5. The van der Waals surface area contributed by atoms with Crippen molar-refractivity contribution in [3.05, 3.63) is 92.8 Å². The van der Waals surface area contributed by atoms with E-state index in [1.54, 1.807) is 31.2 Å². The Bertz CT molecular complexity index is 1240. The Hall–Kier alpha value is -3.89. The fourth-order valence-electron chi connectivity index (χ4n) is 3.61. The van der Waals surface area contributed by atoms with Gasteiger partial charge < -0.3 is 25.2 Å². The van der Waals surface area contributed by atoms with Crippen LogP contribution in [0, 0.1) is 6.92 Å². The molecule has 34 heavy (non-hydrogen) atoms. The van der Waals surface area contributed by atoms with Crippen LogP contribution in [0.1, 0.15) is 23.8 Å². The Labute approximate surface area is 195 Å². The van der Waals surface area contributed by atoms with Crippen molar-refractivity contribution in [3.63, 3.8) is 0 Å². The number of amides is 2. The van der Waals surface area contributed by atoms with Gasteiger partial charge in [-0.05, 0) is 36.8 Å². The maximum absolute atomic E-state index is 12.3. The Balaban J connectivity index is 1.25. The monoisotopic (exact) mass is 466 g/mol. The third kappa shape index (κ3) is 5.72. The molecular weight excluding hydrogens is 440 g/mol. The maximum Gasteiger partial charge on any atom is 0.330 e. The van der Waals surface area contributed by atoms with Gasteiger partial charge in [-0.2, -0.15) is 0 Å². The second-order valence-electron chi connectivity index (χ2n) is 8.04. The largest absolute Gasteiger partial charge is 0.489 e. The summed E-state index contributed by atoms with van der Waals surface area (Å²) < 4.78 is 12.7. The fraction of sp³-hybridized carbons (Fsp3) is 0.292. The summed E-state index contributed by atoms with van der Waals surface area (Å²) in [5, 5.41) is 15.7. The van der Waals surface area contributed by atoms with Gasteiger partial charge in [-0.1, -0.05) is 30.3 Å². The first-order chi connectivity index (χ1) is 16.4. The van der Waals surface area contributed by atoms with E-state index in [1.165, 1.54) is 10.8 Å². The fourth-order valence-corrected chi connectivity index (χ4v) is 3.61. The predicted molar refractivity (Wildman–Crippen MR) is 125 cm³/mol. The lowest BCUT2D eigenvalue weighted by atomic mass is 10.2. The van der Waals surface area contributed by atoms with Crippen molar-refractivity contribution in [2.45, 2.75) is 38.4 Å². The summed E-state index contributed by atoms with van der Waals surface area (Å²) in [6.45, 7) is 2.06. The van der Waals surface area contributed by atoms with E-state index in [4.69, 9.17) is 9.47 Å². The number of aryl methyl sites for hydroxylation is 1. The number of hydrogen-bond acceptors (Lipinski definition) is 6. The Morgan fingerprint density at radius 2 is 1.91 bits per heavy atom. The van der Waals surface area contributed by atoms with E-state index in [0.29, 0.717) is 23.6 Å². The number of aliphatic hydroxyl groups is 1. The molecule has 2 amide bonds. The van der Waals surface area contributed by atoms with Gasteiger partial charge in [0, 0.05) is 30.4 Å². The van der Waals surface area contributed by atoms with Crippen molar-refractivity contribution < 1.29 is 19.4 Å². The van der Waals surface area contributed by atoms with Crippen LogP contribution in [-0.4, -0.2) is 39.4 Å². The highest BCUT2D eigenvalue weighted by atomic mass is 16.5. The molecule has 178 valence electrons. The second kappa shape index (κ2) is 10.4. The minimum atomic E-state index is -0.884. The Kier molecular flexibility index (Phi) is 7.09. The summed E-state index contributed by atoms with van der Waals surface area (Å²) in [5.74, 6) is 0.677. The van der Waals surface area contributed by atoms with Crippen molar-refractivity contribution >= 4 is 11.7 Å². The number of carbonyl (C=O) groups is 1. The predicted octanol–water partition coefficient (Wildman–Crippen LogP) is 1.89. The standard InChI is InChI=1S/C24H26N4O6/c1-15-13-28(24(32)27-22(15)30)21-11-19(29)20(34-21)12-25-23(31)26-17-7-9-18(10-8-17)33-14-16-5-3-2-4-6-16/h2-10,13,19-21,29H,11-12,14H2,1H3,(H2,25,26,31)(H,27,30,32)/t19-,20+,21+/m0/s1. The lowest BCUT2D eigenvalue weighted by Gasteiger charge is -2.17. The van der Waals surface area contributed by atoms with Crippen molar-refractivity contribution in [3.8, 4) is 5.75 Å². The first kappa shape index (κ1) is 23.3. The number of anilines is 1. The van der Waals surface area contributed by atoms with Crippen LogP contribution in [0.5, 0.6) is 5.75 Å². The number of aromatic nitrogens is 2. The third-order valence-electron chi connectivity index (χ3n) is 5.48. The molecule has 2 aromatic carbocycles. The van der Waals surface area contributed by atoms with Gasteiger partial charge in [0.15, 0.2) is 0 Å². The van der Waals surface area contributed by atoms with E-state index in [9.17, 15) is 19.5 Å². The Morgan fingerprint density at radius 3 is 2.65 bits per heavy atom. The molecule has 1 saturated heterocycles. The molecule has 0 unspecified atom stereocenters. The molecule has 2 heterocycles. The number of aromatic amines is 1. The molecule has 3 aromatic rings. The first-order valence-electron chi connectivity index (χ1n) is 10.9. The van der Waals surface area contributed by atoms with E-state index < -0.39 is 35.7 Å². The molecule has 4 rings (SSSR count). The van der Waals surface area contributed by atoms with Gasteiger partial charge in [0.05, 0.1) is 6.10 Å². The molecule has 4 N–H and O–H groups in total. The van der Waals surface area contributed by atoms with Crippen molar-refractivity contribution in [1.29, 1.82) is 0 Å². The van der Waals surface area contributed by atoms with Crippen LogP contribution in [0.2, 0.25) is 0 Å². The van der Waals surface area contributed by atoms with Crippen LogP contribution in [0.25, 0.3) is 0 Å². The van der Waals surface area contributed by atoms with Crippen LogP contribution in [0.15, 0.2) is 70.4 Å². The number of H-pyrrole nitrogens is 1. The lowest BCUT2D eigenvalue weighted by molar-refractivity contribution is -0.0178. The maximum atomic E-state index is 12.3. The van der Waals surface area contributed by atoms with Gasteiger partial charge >= 0.3 is 11.7 Å². The molecular formula is C24H26N4O6. The van der Waals surface area contributed by atoms with Gasteiger partial charge in [-0.15, -0.1) is 0 Å². The van der Waals surface area contributed by atoms with Crippen molar-refractivity contribution in [2.75, 3.05) is 11.9 Å². The average molecular weight is 466 g/mol. The van der Waals surface area contributed by atoms with Crippen LogP contribution >= 0.6 is 0 Å². The summed E-state index contributed by atoms with van der Waals surface area (Å²) in [6.07, 6.45) is -0.775. The first-order valence-corrected chi connectivity index (χ1v) is 10.9. The SMILES string of the molecule is Cc1cn([C@H]2C[C@H](O)[C@@H](CNC(=O)Nc3ccc(OCc4ccccc4)cc3)O2)c(=O)[nH]c1=O. The summed E-state index contributed by atoms with van der Waals surface area (Å²) in [6, 6.07) is 16.3. The smallest absolute Gasteiger partial charge is 0.330 e. The van der Waals surface area contributed by atoms with Gasteiger partial charge in [0.25, 0.3) is 5.56 Å². The van der Waals surface area contributed by atoms with E-state index in [0.717, 1.165) is 5.56 Å². The van der Waals surface area contributed by atoms with Crippen LogP contribution in [-0.2, 0) is 11.3 Å². The summed E-state index contributed by atoms with van der Waals surface area (Å²) >= 11 is 0. The zero-order chi connectivity index (χ0) is 24.1. The topological polar surface area (TPSA) is 135 Å². The number of ether oxygens (including phenoxy) is 2. The Morgan fingerprint density at radius 1 is 1.18 bits per heavy atom. The van der Waals surface area contributed by atoms with E-state index in [-0.39, 0.29) is 13.0 Å². The van der Waals surface area contributed by atoms with Crippen LogP contribution in [0.3, 0.4) is 0 Å². The molecule has 0 radical (unpaired) electrons. The molecule has 10 nitrogen and oxygen atoms in total. The molecule has 1 aromatic heterocycles. The molecule has 0 aliphatic carbocycles. The average Bonchev–Trinajstić information content (AvgIpc) is 3.20. The summed E-state index contributed by atoms with van der Waals surface area (Å²) in [5.41, 5.74) is 0.907. The quantitative estimate of drug-likeness (QED) is 0.420. The van der Waals surface area contributed by atoms with Crippen LogP contribution < -0.4 is 26.6 Å². The molecule has 1 aliphatic heterocycles. The van der Waals surface area contributed by atoms with Gasteiger partial charge in [0.1, 0.15) is 24.7 Å². The summed E-state index contributed by atoms with van der Waals surface area (Å²) in [7, 11) is 0. The number of nitrogens with one attached hydrogen (secondary N) is 3. The van der Waals surface area contributed by atoms with E-state index in [2.05, 4.69) is 15.6 Å². The number of nitrogens with zero attached hydrogens (tertiary/aromatic N) is 1. The molecule has 1 aliphatic rings. The second-order valence-corrected chi connectivity index (χ2v) is 8.04. The molecule has 10 heteroatoms. The van der Waals surface area contributed by atoms with E-state index >= 15 is 0 Å². The highest BCUT2D eigenvalue weighted by Gasteiger charge is 2.35. The minimum absolute atomic E-state index is 0.0405. The highest BCUT2D eigenvalue weighted by Crippen LogP contribution is 2.27.